The molecular weight excluding hydrogens is 244 g/mol. The molecule has 110 valence electrons. The van der Waals surface area contributed by atoms with Crippen LogP contribution in [-0.4, -0.2) is 36.6 Å². The lowest BCUT2D eigenvalue weighted by Gasteiger charge is -2.34. The number of hydrogen-bond acceptors (Lipinski definition) is 2. The molecule has 1 atom stereocenters. The van der Waals surface area contributed by atoms with Gasteiger partial charge in [-0.15, -0.1) is 0 Å². The Balaban J connectivity index is 1.64. The Morgan fingerprint density at radius 1 is 1.15 bits per heavy atom. The van der Waals surface area contributed by atoms with Crippen molar-refractivity contribution in [2.45, 2.75) is 50.5 Å². The predicted molar refractivity (Wildman–Crippen MR) is 85.1 cm³/mol. The summed E-state index contributed by atoms with van der Waals surface area (Å²) in [6.45, 7) is 7.29. The second kappa shape index (κ2) is 6.28. The summed E-state index contributed by atoms with van der Waals surface area (Å²) in [4.78, 5) is 2.71. The Hall–Kier alpha value is -0.860. The minimum absolute atomic E-state index is 0.437. The molecule has 3 rings (SSSR count). The van der Waals surface area contributed by atoms with Crippen molar-refractivity contribution in [1.82, 2.24) is 10.2 Å². The fourth-order valence-electron chi connectivity index (χ4n) is 4.04. The normalized spacial score (nSPS) is 24.6. The van der Waals surface area contributed by atoms with E-state index in [1.54, 1.807) is 0 Å². The van der Waals surface area contributed by atoms with Gasteiger partial charge in [0, 0.05) is 18.6 Å². The zero-order valence-corrected chi connectivity index (χ0v) is 12.8. The van der Waals surface area contributed by atoms with Crippen LogP contribution in [0, 0.1) is 0 Å². The first-order chi connectivity index (χ1) is 9.77. The summed E-state index contributed by atoms with van der Waals surface area (Å²) in [6, 6.07) is 11.0. The monoisotopic (exact) mass is 272 g/mol. The standard InChI is InChI=1S/C18H28N2/c1-16(17-8-3-2-4-9-17)14-20-13-7-12-19-18(15-20)10-5-6-11-18/h2-4,8-9,16,19H,5-7,10-15H2,1H3. The third-order valence-electron chi connectivity index (χ3n) is 5.14. The molecule has 0 radical (unpaired) electrons. The third-order valence-corrected chi connectivity index (χ3v) is 5.14. The molecule has 2 fully saturated rings. The maximum atomic E-state index is 3.86. The zero-order valence-electron chi connectivity index (χ0n) is 12.8. The van der Waals surface area contributed by atoms with Crippen LogP contribution in [0.4, 0.5) is 0 Å². The lowest BCUT2D eigenvalue weighted by atomic mass is 9.95. The van der Waals surface area contributed by atoms with Gasteiger partial charge in [0.2, 0.25) is 0 Å². The molecule has 1 aromatic carbocycles. The van der Waals surface area contributed by atoms with Gasteiger partial charge >= 0.3 is 0 Å². The lowest BCUT2D eigenvalue weighted by molar-refractivity contribution is 0.202. The van der Waals surface area contributed by atoms with Gasteiger partial charge in [0.1, 0.15) is 0 Å². The lowest BCUT2D eigenvalue weighted by Crippen LogP contribution is -2.49. The number of rotatable bonds is 3. The third kappa shape index (κ3) is 3.24. The summed E-state index contributed by atoms with van der Waals surface area (Å²) in [5, 5.41) is 3.86. The van der Waals surface area contributed by atoms with Gasteiger partial charge in [0.15, 0.2) is 0 Å². The molecule has 1 aromatic rings. The minimum Gasteiger partial charge on any atom is -0.310 e. The van der Waals surface area contributed by atoms with Crippen molar-refractivity contribution in [2.24, 2.45) is 0 Å². The molecule has 1 aliphatic carbocycles. The van der Waals surface area contributed by atoms with Crippen LogP contribution in [0.3, 0.4) is 0 Å². The highest BCUT2D eigenvalue weighted by Crippen LogP contribution is 2.32. The summed E-state index contributed by atoms with van der Waals surface area (Å²) < 4.78 is 0. The van der Waals surface area contributed by atoms with Crippen LogP contribution in [-0.2, 0) is 0 Å². The van der Waals surface area contributed by atoms with E-state index in [0.717, 1.165) is 0 Å². The van der Waals surface area contributed by atoms with E-state index in [9.17, 15) is 0 Å². The zero-order chi connectivity index (χ0) is 13.8. The Morgan fingerprint density at radius 3 is 2.65 bits per heavy atom. The molecule has 0 aromatic heterocycles. The van der Waals surface area contributed by atoms with Gasteiger partial charge in [0.05, 0.1) is 0 Å². The molecule has 2 nitrogen and oxygen atoms in total. The molecule has 1 spiro atoms. The summed E-state index contributed by atoms with van der Waals surface area (Å²) in [5.74, 6) is 0.632. The van der Waals surface area contributed by atoms with E-state index in [2.05, 4.69) is 47.5 Å². The topological polar surface area (TPSA) is 15.3 Å². The van der Waals surface area contributed by atoms with Crippen molar-refractivity contribution in [3.63, 3.8) is 0 Å². The Kier molecular flexibility index (Phi) is 4.42. The Morgan fingerprint density at radius 2 is 1.90 bits per heavy atom. The van der Waals surface area contributed by atoms with Crippen molar-refractivity contribution < 1.29 is 0 Å². The van der Waals surface area contributed by atoms with Gasteiger partial charge in [-0.2, -0.15) is 0 Å². The van der Waals surface area contributed by atoms with Crippen molar-refractivity contribution in [1.29, 1.82) is 0 Å². The molecule has 1 unspecified atom stereocenters. The van der Waals surface area contributed by atoms with Gasteiger partial charge in [-0.1, -0.05) is 50.1 Å². The molecule has 1 N–H and O–H groups in total. The largest absolute Gasteiger partial charge is 0.310 e. The Bertz CT molecular complexity index is 409. The van der Waals surface area contributed by atoms with Crippen LogP contribution in [0.5, 0.6) is 0 Å². The first-order valence-corrected chi connectivity index (χ1v) is 8.30. The maximum Gasteiger partial charge on any atom is 0.0308 e. The van der Waals surface area contributed by atoms with E-state index in [-0.39, 0.29) is 0 Å². The van der Waals surface area contributed by atoms with Gasteiger partial charge in [-0.05, 0) is 43.8 Å². The quantitative estimate of drug-likeness (QED) is 0.907. The van der Waals surface area contributed by atoms with Crippen LogP contribution in [0.2, 0.25) is 0 Å². The van der Waals surface area contributed by atoms with E-state index < -0.39 is 0 Å². The second-order valence-corrected chi connectivity index (χ2v) is 6.81. The van der Waals surface area contributed by atoms with E-state index in [1.165, 1.54) is 63.8 Å². The van der Waals surface area contributed by atoms with Crippen LogP contribution in [0.15, 0.2) is 30.3 Å². The highest BCUT2D eigenvalue weighted by molar-refractivity contribution is 5.19. The number of nitrogens with one attached hydrogen (secondary N) is 1. The summed E-state index contributed by atoms with van der Waals surface area (Å²) in [7, 11) is 0. The van der Waals surface area contributed by atoms with Gasteiger partial charge in [-0.25, -0.2) is 0 Å². The molecule has 1 saturated carbocycles. The number of nitrogens with zero attached hydrogens (tertiary/aromatic N) is 1. The van der Waals surface area contributed by atoms with Crippen molar-refractivity contribution in [3.8, 4) is 0 Å². The summed E-state index contributed by atoms with van der Waals surface area (Å²) in [5.41, 5.74) is 1.91. The molecule has 0 amide bonds. The van der Waals surface area contributed by atoms with E-state index in [0.29, 0.717) is 11.5 Å². The van der Waals surface area contributed by atoms with E-state index in [1.807, 2.05) is 0 Å². The number of benzene rings is 1. The Labute approximate surface area is 123 Å². The first kappa shape index (κ1) is 14.1. The van der Waals surface area contributed by atoms with Crippen molar-refractivity contribution in [3.05, 3.63) is 35.9 Å². The molecule has 20 heavy (non-hydrogen) atoms. The summed E-state index contributed by atoms with van der Waals surface area (Å²) >= 11 is 0. The molecule has 0 bridgehead atoms. The molecule has 1 aliphatic heterocycles. The maximum absolute atomic E-state index is 3.86. The smallest absolute Gasteiger partial charge is 0.0308 e. The van der Waals surface area contributed by atoms with Crippen LogP contribution < -0.4 is 5.32 Å². The number of hydrogen-bond donors (Lipinski definition) is 1. The first-order valence-electron chi connectivity index (χ1n) is 8.30. The SMILES string of the molecule is CC(CN1CCCNC2(CCCC2)C1)c1ccccc1. The average Bonchev–Trinajstić information content (AvgIpc) is 2.83. The second-order valence-electron chi connectivity index (χ2n) is 6.81. The highest BCUT2D eigenvalue weighted by atomic mass is 15.2. The minimum atomic E-state index is 0.437. The molecular formula is C18H28N2. The predicted octanol–water partition coefficient (Wildman–Crippen LogP) is 3.40. The van der Waals surface area contributed by atoms with E-state index >= 15 is 0 Å². The summed E-state index contributed by atoms with van der Waals surface area (Å²) in [6.07, 6.45) is 6.87. The van der Waals surface area contributed by atoms with Crippen LogP contribution >= 0.6 is 0 Å². The fourth-order valence-corrected chi connectivity index (χ4v) is 4.04. The molecule has 1 saturated heterocycles. The van der Waals surface area contributed by atoms with Crippen molar-refractivity contribution in [2.75, 3.05) is 26.2 Å². The van der Waals surface area contributed by atoms with Crippen LogP contribution in [0.25, 0.3) is 0 Å². The highest BCUT2D eigenvalue weighted by Gasteiger charge is 2.36. The van der Waals surface area contributed by atoms with Crippen molar-refractivity contribution >= 4 is 0 Å². The van der Waals surface area contributed by atoms with E-state index in [4.69, 9.17) is 0 Å². The van der Waals surface area contributed by atoms with Gasteiger partial charge < -0.3 is 10.2 Å². The average molecular weight is 272 g/mol. The van der Waals surface area contributed by atoms with Crippen LogP contribution in [0.1, 0.15) is 50.5 Å². The fraction of sp³-hybridized carbons (Fsp3) is 0.667. The molecule has 1 heterocycles. The van der Waals surface area contributed by atoms with Gasteiger partial charge in [-0.3, -0.25) is 0 Å². The molecule has 2 aliphatic rings. The molecule has 2 heteroatoms. The van der Waals surface area contributed by atoms with Gasteiger partial charge in [0.25, 0.3) is 0 Å².